The van der Waals surface area contributed by atoms with Crippen molar-refractivity contribution < 1.29 is 4.74 Å². The fourth-order valence-electron chi connectivity index (χ4n) is 1.11. The summed E-state index contributed by atoms with van der Waals surface area (Å²) in [4.78, 5) is 4.46. The maximum absolute atomic E-state index is 5.09. The lowest BCUT2D eigenvalue weighted by Gasteiger charge is -2.10. The lowest BCUT2D eigenvalue weighted by atomic mass is 10.2. The predicted molar refractivity (Wildman–Crippen MR) is 68.8 cm³/mol. The predicted octanol–water partition coefficient (Wildman–Crippen LogP) is 2.99. The molecule has 1 aromatic rings. The van der Waals surface area contributed by atoms with Crippen molar-refractivity contribution in [3.05, 3.63) is 29.8 Å². The highest BCUT2D eigenvalue weighted by molar-refractivity contribution is 6.76. The van der Waals surface area contributed by atoms with Crippen LogP contribution in [0, 0.1) is 0 Å². The molecule has 0 radical (unpaired) electrons. The molecular formula is C12H19NOSi. The van der Waals surface area contributed by atoms with Gasteiger partial charge in [0, 0.05) is 12.4 Å². The molecule has 82 valence electrons. The summed E-state index contributed by atoms with van der Waals surface area (Å²) in [6, 6.07) is 7.95. The van der Waals surface area contributed by atoms with Crippen molar-refractivity contribution in [2.24, 2.45) is 4.99 Å². The molecule has 0 N–H and O–H groups in total. The summed E-state index contributed by atoms with van der Waals surface area (Å²) >= 11 is 0. The summed E-state index contributed by atoms with van der Waals surface area (Å²) in [5.74, 6) is 0.886. The van der Waals surface area contributed by atoms with Crippen LogP contribution in [0.25, 0.3) is 0 Å². The lowest BCUT2D eigenvalue weighted by molar-refractivity contribution is 0.415. The van der Waals surface area contributed by atoms with E-state index in [2.05, 4.69) is 24.6 Å². The van der Waals surface area contributed by atoms with E-state index in [1.54, 1.807) is 7.11 Å². The molecule has 0 aliphatic heterocycles. The Morgan fingerprint density at radius 2 is 1.80 bits per heavy atom. The molecular weight excluding hydrogens is 202 g/mol. The molecule has 0 aliphatic rings. The van der Waals surface area contributed by atoms with Gasteiger partial charge in [0.2, 0.25) is 0 Å². The fraction of sp³-hybridized carbons (Fsp3) is 0.417. The van der Waals surface area contributed by atoms with Crippen LogP contribution >= 0.6 is 0 Å². The molecule has 0 saturated carbocycles. The fourth-order valence-corrected chi connectivity index (χ4v) is 1.75. The van der Waals surface area contributed by atoms with Gasteiger partial charge in [0.05, 0.1) is 15.2 Å². The van der Waals surface area contributed by atoms with Crippen molar-refractivity contribution >= 4 is 14.3 Å². The van der Waals surface area contributed by atoms with E-state index in [9.17, 15) is 0 Å². The molecule has 0 saturated heterocycles. The number of hydrogen-bond donors (Lipinski definition) is 0. The Balaban J connectivity index is 2.57. The van der Waals surface area contributed by atoms with E-state index in [1.165, 1.54) is 0 Å². The van der Waals surface area contributed by atoms with Crippen molar-refractivity contribution in [2.75, 3.05) is 13.3 Å². The first-order valence-corrected chi connectivity index (χ1v) is 8.86. The summed E-state index contributed by atoms with van der Waals surface area (Å²) in [6.07, 6.45) is 2.93. The topological polar surface area (TPSA) is 21.6 Å². The number of aliphatic imine (C=N–C) groups is 1. The van der Waals surface area contributed by atoms with E-state index in [0.717, 1.165) is 17.5 Å². The first kappa shape index (κ1) is 12.0. The second-order valence-corrected chi connectivity index (χ2v) is 10.2. The average Bonchev–Trinajstić information content (AvgIpc) is 2.17. The van der Waals surface area contributed by atoms with Crippen LogP contribution in [0.15, 0.2) is 29.3 Å². The standard InChI is InChI=1S/C12H19NOSi/c1-14-12-7-5-11(6-8-12)9-13-10-15(2,3)4/h5-9H,10H2,1-4H3/b13-9+. The maximum atomic E-state index is 5.09. The average molecular weight is 221 g/mol. The molecule has 0 fully saturated rings. The number of methoxy groups -OCH3 is 1. The molecule has 2 nitrogen and oxygen atoms in total. The van der Waals surface area contributed by atoms with Gasteiger partial charge in [-0.05, 0) is 29.8 Å². The monoisotopic (exact) mass is 221 g/mol. The Labute approximate surface area is 93.0 Å². The van der Waals surface area contributed by atoms with Crippen molar-refractivity contribution in [3.63, 3.8) is 0 Å². The highest BCUT2D eigenvalue weighted by Gasteiger charge is 2.10. The largest absolute Gasteiger partial charge is 0.497 e. The van der Waals surface area contributed by atoms with Crippen LogP contribution in [0.2, 0.25) is 19.6 Å². The van der Waals surface area contributed by atoms with Gasteiger partial charge >= 0.3 is 0 Å². The van der Waals surface area contributed by atoms with E-state index in [4.69, 9.17) is 4.74 Å². The summed E-state index contributed by atoms with van der Waals surface area (Å²) < 4.78 is 5.09. The first-order valence-electron chi connectivity index (χ1n) is 5.15. The van der Waals surface area contributed by atoms with Gasteiger partial charge in [0.25, 0.3) is 0 Å². The molecule has 0 atom stereocenters. The first-order chi connectivity index (χ1) is 7.01. The Bertz CT molecular complexity index is 324. The number of rotatable bonds is 4. The number of ether oxygens (including phenoxy) is 1. The van der Waals surface area contributed by atoms with Gasteiger partial charge in [-0.1, -0.05) is 19.6 Å². The summed E-state index contributed by atoms with van der Waals surface area (Å²) in [5.41, 5.74) is 1.13. The van der Waals surface area contributed by atoms with Crippen molar-refractivity contribution in [1.82, 2.24) is 0 Å². The van der Waals surface area contributed by atoms with Gasteiger partial charge in [-0.25, -0.2) is 0 Å². The minimum absolute atomic E-state index is 0.886. The van der Waals surface area contributed by atoms with Crippen LogP contribution < -0.4 is 4.74 Å². The highest BCUT2D eigenvalue weighted by Crippen LogP contribution is 2.10. The molecule has 0 heterocycles. The Morgan fingerprint density at radius 3 is 2.27 bits per heavy atom. The smallest absolute Gasteiger partial charge is 0.118 e. The summed E-state index contributed by atoms with van der Waals surface area (Å²) in [5, 5.41) is 0. The zero-order valence-corrected chi connectivity index (χ0v) is 10.9. The van der Waals surface area contributed by atoms with Crippen LogP contribution in [-0.2, 0) is 0 Å². The van der Waals surface area contributed by atoms with E-state index >= 15 is 0 Å². The zero-order chi connectivity index (χ0) is 11.3. The minimum Gasteiger partial charge on any atom is -0.497 e. The number of benzene rings is 1. The van der Waals surface area contributed by atoms with Crippen LogP contribution in [0.5, 0.6) is 5.75 Å². The molecule has 3 heteroatoms. The molecule has 0 bridgehead atoms. The second-order valence-electron chi connectivity index (χ2n) is 4.80. The van der Waals surface area contributed by atoms with E-state index < -0.39 is 8.07 Å². The third-order valence-corrected chi connectivity index (χ3v) is 3.05. The van der Waals surface area contributed by atoms with Gasteiger partial charge in [-0.15, -0.1) is 0 Å². The Hall–Kier alpha value is -1.09. The van der Waals surface area contributed by atoms with E-state index in [0.29, 0.717) is 0 Å². The Kier molecular flexibility index (Phi) is 4.09. The summed E-state index contributed by atoms with van der Waals surface area (Å²) in [6.45, 7) is 6.95. The summed E-state index contributed by atoms with van der Waals surface area (Å²) in [7, 11) is 0.623. The van der Waals surface area contributed by atoms with Gasteiger partial charge < -0.3 is 4.74 Å². The van der Waals surface area contributed by atoms with Crippen molar-refractivity contribution in [1.29, 1.82) is 0 Å². The normalized spacial score (nSPS) is 12.0. The minimum atomic E-state index is -1.05. The quantitative estimate of drug-likeness (QED) is 0.566. The lowest BCUT2D eigenvalue weighted by Crippen LogP contribution is -2.24. The molecule has 0 amide bonds. The van der Waals surface area contributed by atoms with Crippen molar-refractivity contribution in [3.8, 4) is 5.75 Å². The third kappa shape index (κ3) is 4.79. The molecule has 1 rings (SSSR count). The van der Waals surface area contributed by atoms with Gasteiger partial charge in [0.15, 0.2) is 0 Å². The van der Waals surface area contributed by atoms with Crippen LogP contribution in [0.1, 0.15) is 5.56 Å². The van der Waals surface area contributed by atoms with Gasteiger partial charge in [0.1, 0.15) is 5.75 Å². The molecule has 0 aliphatic carbocycles. The third-order valence-electron chi connectivity index (χ3n) is 1.92. The van der Waals surface area contributed by atoms with Gasteiger partial charge in [-0.3, -0.25) is 4.99 Å². The zero-order valence-electron chi connectivity index (χ0n) is 9.95. The maximum Gasteiger partial charge on any atom is 0.118 e. The molecule has 0 unspecified atom stereocenters. The number of nitrogens with zero attached hydrogens (tertiary/aromatic N) is 1. The molecule has 15 heavy (non-hydrogen) atoms. The second kappa shape index (κ2) is 5.12. The molecule has 1 aromatic carbocycles. The number of hydrogen-bond acceptors (Lipinski definition) is 2. The highest BCUT2D eigenvalue weighted by atomic mass is 28.3. The van der Waals surface area contributed by atoms with Crippen LogP contribution in [0.3, 0.4) is 0 Å². The van der Waals surface area contributed by atoms with Crippen molar-refractivity contribution in [2.45, 2.75) is 19.6 Å². The Morgan fingerprint density at radius 1 is 1.20 bits per heavy atom. The van der Waals surface area contributed by atoms with E-state index in [-0.39, 0.29) is 0 Å². The molecule has 0 spiro atoms. The van der Waals surface area contributed by atoms with E-state index in [1.807, 2.05) is 30.5 Å². The van der Waals surface area contributed by atoms with Crippen LogP contribution in [-0.4, -0.2) is 27.6 Å². The SMILES string of the molecule is COc1ccc(/C=N/C[Si](C)(C)C)cc1. The molecule has 0 aromatic heterocycles. The van der Waals surface area contributed by atoms with Gasteiger partial charge in [-0.2, -0.15) is 0 Å². The van der Waals surface area contributed by atoms with Crippen LogP contribution in [0.4, 0.5) is 0 Å².